The lowest BCUT2D eigenvalue weighted by atomic mass is 10.0. The lowest BCUT2D eigenvalue weighted by molar-refractivity contribution is 0.123. The number of hydrogen-bond acceptors (Lipinski definition) is 3. The summed E-state index contributed by atoms with van der Waals surface area (Å²) in [5, 5.41) is 11.9. The first-order chi connectivity index (χ1) is 9.70. The van der Waals surface area contributed by atoms with Crippen LogP contribution in [0.2, 0.25) is 0 Å². The molecule has 2 unspecified atom stereocenters. The summed E-state index contributed by atoms with van der Waals surface area (Å²) in [6, 6.07) is 0.769. The van der Waals surface area contributed by atoms with Gasteiger partial charge in [-0.2, -0.15) is 0 Å². The largest absolute Gasteiger partial charge is 0.396 e. The third-order valence-corrected chi connectivity index (χ3v) is 4.51. The molecule has 2 aliphatic heterocycles. The van der Waals surface area contributed by atoms with Crippen LogP contribution >= 0.6 is 0 Å². The molecule has 2 heterocycles. The van der Waals surface area contributed by atoms with Crippen molar-refractivity contribution in [3.8, 4) is 0 Å². The van der Waals surface area contributed by atoms with Crippen molar-refractivity contribution in [1.82, 2.24) is 15.1 Å². The molecule has 116 valence electrons. The molecule has 2 rings (SSSR count). The lowest BCUT2D eigenvalue weighted by Crippen LogP contribution is -2.53. The molecule has 0 radical (unpaired) electrons. The summed E-state index contributed by atoms with van der Waals surface area (Å²) in [4.78, 5) is 16.8. The van der Waals surface area contributed by atoms with Crippen molar-refractivity contribution in [3.63, 3.8) is 0 Å². The topological polar surface area (TPSA) is 55.8 Å². The highest BCUT2D eigenvalue weighted by Crippen LogP contribution is 2.20. The molecule has 2 aliphatic rings. The number of carbonyl (C=O) groups is 1. The third-order valence-electron chi connectivity index (χ3n) is 4.51. The van der Waals surface area contributed by atoms with E-state index in [1.54, 1.807) is 0 Å². The molecular weight excluding hydrogens is 254 g/mol. The molecule has 0 bridgehead atoms. The summed E-state index contributed by atoms with van der Waals surface area (Å²) in [5.74, 6) is 0. The van der Waals surface area contributed by atoms with Gasteiger partial charge in [0.25, 0.3) is 0 Å². The molecule has 0 aromatic rings. The molecule has 2 amide bonds. The standard InChI is InChI=1S/C15H29N3O2/c1-13(6-5-11-19)16-15(20)18-10-4-7-14(12-18)17-8-2-3-9-17/h13-14,19H,2-12H2,1H3,(H,16,20). The van der Waals surface area contributed by atoms with Gasteiger partial charge in [-0.15, -0.1) is 0 Å². The Hall–Kier alpha value is -0.810. The predicted molar refractivity (Wildman–Crippen MR) is 79.7 cm³/mol. The monoisotopic (exact) mass is 283 g/mol. The molecule has 2 fully saturated rings. The highest BCUT2D eigenvalue weighted by atomic mass is 16.3. The molecule has 5 nitrogen and oxygen atoms in total. The Kier molecular flexibility index (Phi) is 6.10. The fourth-order valence-electron chi connectivity index (χ4n) is 3.32. The van der Waals surface area contributed by atoms with Gasteiger partial charge in [0.15, 0.2) is 0 Å². The molecule has 2 saturated heterocycles. The SMILES string of the molecule is CC(CCCO)NC(=O)N1CCCC(N2CCCC2)C1. The third kappa shape index (κ3) is 4.35. The van der Waals surface area contributed by atoms with E-state index < -0.39 is 0 Å². The maximum Gasteiger partial charge on any atom is 0.317 e. The van der Waals surface area contributed by atoms with E-state index in [1.807, 2.05) is 11.8 Å². The van der Waals surface area contributed by atoms with Gasteiger partial charge >= 0.3 is 6.03 Å². The Morgan fingerprint density at radius 3 is 2.75 bits per heavy atom. The van der Waals surface area contributed by atoms with Crippen molar-refractivity contribution < 1.29 is 9.90 Å². The Labute approximate surface area is 122 Å². The van der Waals surface area contributed by atoms with Gasteiger partial charge in [0.2, 0.25) is 0 Å². The fourth-order valence-corrected chi connectivity index (χ4v) is 3.32. The highest BCUT2D eigenvalue weighted by Gasteiger charge is 2.29. The number of nitrogens with zero attached hydrogens (tertiary/aromatic N) is 2. The van der Waals surface area contributed by atoms with Crippen LogP contribution in [0.15, 0.2) is 0 Å². The zero-order valence-corrected chi connectivity index (χ0v) is 12.7. The maximum absolute atomic E-state index is 12.3. The van der Waals surface area contributed by atoms with E-state index in [0.29, 0.717) is 6.04 Å². The summed E-state index contributed by atoms with van der Waals surface area (Å²) in [6.45, 7) is 6.36. The quantitative estimate of drug-likeness (QED) is 0.802. The number of hydrogen-bond donors (Lipinski definition) is 2. The minimum Gasteiger partial charge on any atom is -0.396 e. The Balaban J connectivity index is 1.77. The van der Waals surface area contributed by atoms with Gasteiger partial charge in [-0.05, 0) is 58.5 Å². The number of carbonyl (C=O) groups excluding carboxylic acids is 1. The van der Waals surface area contributed by atoms with Gasteiger partial charge in [-0.1, -0.05) is 0 Å². The van der Waals surface area contributed by atoms with E-state index in [9.17, 15) is 4.79 Å². The van der Waals surface area contributed by atoms with Crippen LogP contribution in [0.4, 0.5) is 4.79 Å². The van der Waals surface area contributed by atoms with E-state index in [4.69, 9.17) is 5.11 Å². The number of likely N-dealkylation sites (tertiary alicyclic amines) is 2. The minimum absolute atomic E-state index is 0.0688. The van der Waals surface area contributed by atoms with Crippen LogP contribution in [0.25, 0.3) is 0 Å². The van der Waals surface area contributed by atoms with Crippen molar-refractivity contribution in [3.05, 3.63) is 0 Å². The minimum atomic E-state index is 0.0688. The van der Waals surface area contributed by atoms with Crippen molar-refractivity contribution in [2.75, 3.05) is 32.8 Å². The number of aliphatic hydroxyl groups is 1. The highest BCUT2D eigenvalue weighted by molar-refractivity contribution is 5.74. The van der Waals surface area contributed by atoms with E-state index in [1.165, 1.54) is 32.4 Å². The average molecular weight is 283 g/mol. The van der Waals surface area contributed by atoms with Crippen molar-refractivity contribution in [2.24, 2.45) is 0 Å². The molecular formula is C15H29N3O2. The number of rotatable bonds is 5. The van der Waals surface area contributed by atoms with Gasteiger partial charge < -0.3 is 15.3 Å². The number of piperidine rings is 1. The molecule has 2 atom stereocenters. The van der Waals surface area contributed by atoms with Gasteiger partial charge in [0.1, 0.15) is 0 Å². The first-order valence-corrected chi connectivity index (χ1v) is 8.11. The normalized spacial score (nSPS) is 25.7. The van der Waals surface area contributed by atoms with Crippen LogP contribution in [0.5, 0.6) is 0 Å². The molecule has 0 aromatic carbocycles. The van der Waals surface area contributed by atoms with E-state index in [2.05, 4.69) is 10.2 Å². The molecule has 0 saturated carbocycles. The molecule has 0 aliphatic carbocycles. The smallest absolute Gasteiger partial charge is 0.317 e. The lowest BCUT2D eigenvalue weighted by Gasteiger charge is -2.38. The average Bonchev–Trinajstić information content (AvgIpc) is 2.99. The van der Waals surface area contributed by atoms with Crippen LogP contribution in [0.1, 0.15) is 45.4 Å². The summed E-state index contributed by atoms with van der Waals surface area (Å²) in [5.41, 5.74) is 0. The van der Waals surface area contributed by atoms with E-state index in [-0.39, 0.29) is 18.7 Å². The molecule has 0 aromatic heterocycles. The van der Waals surface area contributed by atoms with Crippen molar-refractivity contribution >= 4 is 6.03 Å². The van der Waals surface area contributed by atoms with Crippen LogP contribution in [-0.4, -0.2) is 65.8 Å². The van der Waals surface area contributed by atoms with Crippen LogP contribution in [0.3, 0.4) is 0 Å². The van der Waals surface area contributed by atoms with Crippen LogP contribution < -0.4 is 5.32 Å². The van der Waals surface area contributed by atoms with Gasteiger partial charge in [0, 0.05) is 31.8 Å². The molecule has 2 N–H and O–H groups in total. The molecule has 20 heavy (non-hydrogen) atoms. The van der Waals surface area contributed by atoms with Crippen molar-refractivity contribution in [2.45, 2.75) is 57.5 Å². The molecule has 5 heteroatoms. The fraction of sp³-hybridized carbons (Fsp3) is 0.933. The summed E-state index contributed by atoms with van der Waals surface area (Å²) >= 11 is 0. The second-order valence-electron chi connectivity index (χ2n) is 6.20. The molecule has 0 spiro atoms. The zero-order valence-electron chi connectivity index (χ0n) is 12.7. The second kappa shape index (κ2) is 7.84. The van der Waals surface area contributed by atoms with Crippen molar-refractivity contribution in [1.29, 1.82) is 0 Å². The number of nitrogens with one attached hydrogen (secondary N) is 1. The summed E-state index contributed by atoms with van der Waals surface area (Å²) in [6.07, 6.45) is 6.54. The Bertz CT molecular complexity index is 305. The maximum atomic E-state index is 12.3. The number of aliphatic hydroxyl groups excluding tert-OH is 1. The van der Waals surface area contributed by atoms with Gasteiger partial charge in [0.05, 0.1) is 0 Å². The first-order valence-electron chi connectivity index (χ1n) is 8.11. The predicted octanol–water partition coefficient (Wildman–Crippen LogP) is 1.42. The van der Waals surface area contributed by atoms with Gasteiger partial charge in [-0.25, -0.2) is 4.79 Å². The van der Waals surface area contributed by atoms with E-state index in [0.717, 1.165) is 32.4 Å². The first kappa shape index (κ1) is 15.6. The van der Waals surface area contributed by atoms with Gasteiger partial charge in [-0.3, -0.25) is 4.90 Å². The van der Waals surface area contributed by atoms with Crippen LogP contribution in [0, 0.1) is 0 Å². The second-order valence-corrected chi connectivity index (χ2v) is 6.20. The summed E-state index contributed by atoms with van der Waals surface area (Å²) in [7, 11) is 0. The Morgan fingerprint density at radius 1 is 1.30 bits per heavy atom. The van der Waals surface area contributed by atoms with Crippen LogP contribution in [-0.2, 0) is 0 Å². The number of urea groups is 1. The number of amides is 2. The van der Waals surface area contributed by atoms with E-state index >= 15 is 0 Å². The Morgan fingerprint density at radius 2 is 2.05 bits per heavy atom. The zero-order chi connectivity index (χ0) is 14.4. The summed E-state index contributed by atoms with van der Waals surface area (Å²) < 4.78 is 0.